The second-order valence-electron chi connectivity index (χ2n) is 8.15. The largest absolute Gasteiger partial charge is 0.486 e. The number of fused-ring (bicyclic) bond motifs is 1. The molecule has 2 fully saturated rings. The number of nitrogens with zero attached hydrogens (tertiary/aromatic N) is 3. The SMILES string of the molecule is CN1CCN(CC#CCOC2CCN(S(=O)(=O)c3ccc4c(c3)OCCO4)CC2)CC1. The quantitative estimate of drug-likeness (QED) is 0.618. The van der Waals surface area contributed by atoms with E-state index in [0.717, 1.165) is 32.7 Å². The fraction of sp³-hybridized carbons (Fsp3) is 0.636. The lowest BCUT2D eigenvalue weighted by molar-refractivity contribution is 0.0408. The van der Waals surface area contributed by atoms with Gasteiger partial charge in [0.1, 0.15) is 19.8 Å². The maximum atomic E-state index is 13.0. The predicted molar refractivity (Wildman–Crippen MR) is 117 cm³/mol. The fourth-order valence-electron chi connectivity index (χ4n) is 3.96. The molecule has 1 aromatic rings. The van der Waals surface area contributed by atoms with E-state index in [0.29, 0.717) is 57.3 Å². The van der Waals surface area contributed by atoms with Crippen LogP contribution in [0.2, 0.25) is 0 Å². The van der Waals surface area contributed by atoms with Gasteiger partial charge in [0.05, 0.1) is 17.5 Å². The Kier molecular flexibility index (Phi) is 7.35. The van der Waals surface area contributed by atoms with Crippen LogP contribution in [0.4, 0.5) is 0 Å². The number of piperazine rings is 1. The van der Waals surface area contributed by atoms with Gasteiger partial charge in [0.2, 0.25) is 10.0 Å². The molecule has 0 N–H and O–H groups in total. The van der Waals surface area contributed by atoms with E-state index in [1.165, 1.54) is 4.31 Å². The maximum absolute atomic E-state index is 13.0. The van der Waals surface area contributed by atoms with Gasteiger partial charge in [0.25, 0.3) is 0 Å². The van der Waals surface area contributed by atoms with Crippen molar-refractivity contribution in [2.45, 2.75) is 23.8 Å². The van der Waals surface area contributed by atoms with E-state index >= 15 is 0 Å². The standard InChI is InChI=1S/C22H31N3O5S/c1-23-11-13-24(14-12-23)8-2-3-15-28-19-6-9-25(10-7-19)31(26,27)20-4-5-21-22(18-20)30-17-16-29-21/h4-5,18-19H,6-17H2,1H3. The summed E-state index contributed by atoms with van der Waals surface area (Å²) < 4.78 is 44.4. The zero-order valence-corrected chi connectivity index (χ0v) is 18.9. The van der Waals surface area contributed by atoms with Gasteiger partial charge in [-0.3, -0.25) is 4.90 Å². The van der Waals surface area contributed by atoms with E-state index in [-0.39, 0.29) is 11.0 Å². The first-order valence-corrected chi connectivity index (χ1v) is 12.3. The van der Waals surface area contributed by atoms with Crippen LogP contribution in [0.1, 0.15) is 12.8 Å². The first-order valence-electron chi connectivity index (χ1n) is 10.9. The van der Waals surface area contributed by atoms with Gasteiger partial charge in [-0.05, 0) is 32.0 Å². The molecule has 9 heteroatoms. The summed E-state index contributed by atoms with van der Waals surface area (Å²) in [5, 5.41) is 0. The van der Waals surface area contributed by atoms with E-state index in [9.17, 15) is 8.42 Å². The summed E-state index contributed by atoms with van der Waals surface area (Å²) in [5.74, 6) is 7.37. The van der Waals surface area contributed by atoms with Gasteiger partial charge in [-0.25, -0.2) is 8.42 Å². The molecule has 3 aliphatic heterocycles. The van der Waals surface area contributed by atoms with Crippen LogP contribution in [0.15, 0.2) is 23.1 Å². The number of hydrogen-bond acceptors (Lipinski definition) is 7. The van der Waals surface area contributed by atoms with Crippen molar-refractivity contribution in [2.24, 2.45) is 0 Å². The molecular formula is C22H31N3O5S. The molecule has 3 heterocycles. The van der Waals surface area contributed by atoms with Crippen LogP contribution in [-0.4, -0.2) is 101 Å². The Morgan fingerprint density at radius 2 is 1.71 bits per heavy atom. The fourth-order valence-corrected chi connectivity index (χ4v) is 5.44. The zero-order chi connectivity index (χ0) is 21.7. The van der Waals surface area contributed by atoms with Gasteiger partial charge < -0.3 is 19.1 Å². The first-order chi connectivity index (χ1) is 15.0. The summed E-state index contributed by atoms with van der Waals surface area (Å²) in [6.45, 7) is 7.26. The summed E-state index contributed by atoms with van der Waals surface area (Å²) in [5.41, 5.74) is 0. The Labute approximate surface area is 185 Å². The van der Waals surface area contributed by atoms with Gasteiger partial charge in [0, 0.05) is 45.3 Å². The molecule has 0 saturated carbocycles. The summed E-state index contributed by atoms with van der Waals surface area (Å²) in [7, 11) is -1.42. The molecule has 170 valence electrons. The molecule has 0 spiro atoms. The van der Waals surface area contributed by atoms with Gasteiger partial charge in [-0.1, -0.05) is 11.8 Å². The van der Waals surface area contributed by atoms with Crippen LogP contribution >= 0.6 is 0 Å². The highest BCUT2D eigenvalue weighted by molar-refractivity contribution is 7.89. The molecule has 1 aromatic carbocycles. The van der Waals surface area contributed by atoms with Gasteiger partial charge in [-0.15, -0.1) is 0 Å². The molecule has 4 rings (SSSR count). The zero-order valence-electron chi connectivity index (χ0n) is 18.1. The molecular weight excluding hydrogens is 418 g/mol. The first kappa shape index (κ1) is 22.4. The predicted octanol–water partition coefficient (Wildman–Crippen LogP) is 0.878. The Morgan fingerprint density at radius 1 is 1.00 bits per heavy atom. The third-order valence-electron chi connectivity index (χ3n) is 5.97. The highest BCUT2D eigenvalue weighted by Crippen LogP contribution is 2.33. The Bertz CT molecular complexity index is 911. The third-order valence-corrected chi connectivity index (χ3v) is 7.86. The molecule has 0 aliphatic carbocycles. The third kappa shape index (κ3) is 5.70. The molecule has 0 unspecified atom stereocenters. The number of likely N-dealkylation sites (N-methyl/N-ethyl adjacent to an activating group) is 1. The van der Waals surface area contributed by atoms with E-state index in [1.54, 1.807) is 18.2 Å². The minimum atomic E-state index is -3.56. The van der Waals surface area contributed by atoms with Crippen molar-refractivity contribution in [3.63, 3.8) is 0 Å². The monoisotopic (exact) mass is 449 g/mol. The van der Waals surface area contributed by atoms with Crippen molar-refractivity contribution in [1.82, 2.24) is 14.1 Å². The van der Waals surface area contributed by atoms with Crippen LogP contribution in [0, 0.1) is 11.8 Å². The topological polar surface area (TPSA) is 71.6 Å². The van der Waals surface area contributed by atoms with Gasteiger partial charge >= 0.3 is 0 Å². The average molecular weight is 450 g/mol. The van der Waals surface area contributed by atoms with Crippen LogP contribution in [-0.2, 0) is 14.8 Å². The highest BCUT2D eigenvalue weighted by Gasteiger charge is 2.30. The molecule has 0 aromatic heterocycles. The Balaban J connectivity index is 1.22. The second-order valence-corrected chi connectivity index (χ2v) is 10.1. The Hall–Kier alpha value is -1.83. The number of hydrogen-bond donors (Lipinski definition) is 0. The number of rotatable bonds is 5. The summed E-state index contributed by atoms with van der Waals surface area (Å²) in [6.07, 6.45) is 1.39. The summed E-state index contributed by atoms with van der Waals surface area (Å²) in [4.78, 5) is 4.92. The molecule has 0 amide bonds. The van der Waals surface area contributed by atoms with E-state index in [1.807, 2.05) is 0 Å². The lowest BCUT2D eigenvalue weighted by Gasteiger charge is -2.31. The lowest BCUT2D eigenvalue weighted by atomic mass is 10.1. The van der Waals surface area contributed by atoms with E-state index < -0.39 is 10.0 Å². The van der Waals surface area contributed by atoms with Crippen molar-refractivity contribution < 1.29 is 22.6 Å². The lowest BCUT2D eigenvalue weighted by Crippen LogP contribution is -2.44. The molecule has 0 bridgehead atoms. The summed E-state index contributed by atoms with van der Waals surface area (Å²) in [6, 6.07) is 4.81. The van der Waals surface area contributed by atoms with Crippen molar-refractivity contribution in [1.29, 1.82) is 0 Å². The highest BCUT2D eigenvalue weighted by atomic mass is 32.2. The molecule has 8 nitrogen and oxygen atoms in total. The van der Waals surface area contributed by atoms with Crippen molar-refractivity contribution >= 4 is 10.0 Å². The molecule has 2 saturated heterocycles. The smallest absolute Gasteiger partial charge is 0.243 e. The van der Waals surface area contributed by atoms with Crippen molar-refractivity contribution in [3.8, 4) is 23.3 Å². The number of piperidine rings is 1. The minimum Gasteiger partial charge on any atom is -0.486 e. The van der Waals surface area contributed by atoms with Crippen LogP contribution in [0.25, 0.3) is 0 Å². The summed E-state index contributed by atoms with van der Waals surface area (Å²) >= 11 is 0. The van der Waals surface area contributed by atoms with Crippen LogP contribution < -0.4 is 9.47 Å². The van der Waals surface area contributed by atoms with Crippen molar-refractivity contribution in [3.05, 3.63) is 18.2 Å². The van der Waals surface area contributed by atoms with Gasteiger partial charge in [-0.2, -0.15) is 4.31 Å². The van der Waals surface area contributed by atoms with E-state index in [4.69, 9.17) is 14.2 Å². The second kappa shape index (κ2) is 10.2. The van der Waals surface area contributed by atoms with E-state index in [2.05, 4.69) is 28.7 Å². The molecule has 0 radical (unpaired) electrons. The average Bonchev–Trinajstić information content (AvgIpc) is 2.80. The number of benzene rings is 1. The maximum Gasteiger partial charge on any atom is 0.243 e. The normalized spacial score (nSPS) is 21.5. The molecule has 3 aliphatic rings. The molecule has 0 atom stereocenters. The minimum absolute atomic E-state index is 0.0460. The number of sulfonamides is 1. The Morgan fingerprint density at radius 3 is 2.45 bits per heavy atom. The number of ether oxygens (including phenoxy) is 3. The molecule has 31 heavy (non-hydrogen) atoms. The van der Waals surface area contributed by atoms with Gasteiger partial charge in [0.15, 0.2) is 11.5 Å². The van der Waals surface area contributed by atoms with Crippen LogP contribution in [0.5, 0.6) is 11.5 Å². The van der Waals surface area contributed by atoms with Crippen molar-refractivity contribution in [2.75, 3.05) is 72.7 Å². The van der Waals surface area contributed by atoms with Crippen LogP contribution in [0.3, 0.4) is 0 Å².